The van der Waals surface area contributed by atoms with E-state index in [1.165, 1.54) is 21.6 Å². The highest BCUT2D eigenvalue weighted by molar-refractivity contribution is 8.00. The molecule has 0 atom stereocenters. The SMILES string of the molecule is CN(C)CCN(CC(=O)O)C(=O)CN1CSCC1=O. The zero-order valence-electron chi connectivity index (χ0n) is 11.2. The number of hydrogen-bond acceptors (Lipinski definition) is 5. The average molecular weight is 289 g/mol. The van der Waals surface area contributed by atoms with Crippen molar-refractivity contribution < 1.29 is 19.5 Å². The zero-order valence-corrected chi connectivity index (χ0v) is 12.0. The highest BCUT2D eigenvalue weighted by atomic mass is 32.2. The van der Waals surface area contributed by atoms with Crippen LogP contribution in [-0.4, -0.2) is 89.5 Å². The van der Waals surface area contributed by atoms with Gasteiger partial charge in [0.1, 0.15) is 13.1 Å². The minimum atomic E-state index is -1.05. The summed E-state index contributed by atoms with van der Waals surface area (Å²) < 4.78 is 0. The summed E-state index contributed by atoms with van der Waals surface area (Å²) in [6.45, 7) is 0.559. The van der Waals surface area contributed by atoms with E-state index in [1.54, 1.807) is 0 Å². The van der Waals surface area contributed by atoms with E-state index in [1.807, 2.05) is 19.0 Å². The molecule has 2 amide bonds. The van der Waals surface area contributed by atoms with Gasteiger partial charge >= 0.3 is 5.97 Å². The topological polar surface area (TPSA) is 81.2 Å². The van der Waals surface area contributed by atoms with Crippen LogP contribution in [0.25, 0.3) is 0 Å². The molecule has 7 nitrogen and oxygen atoms in total. The fraction of sp³-hybridized carbons (Fsp3) is 0.727. The van der Waals surface area contributed by atoms with Gasteiger partial charge in [-0.05, 0) is 14.1 Å². The lowest BCUT2D eigenvalue weighted by atomic mass is 10.4. The summed E-state index contributed by atoms with van der Waals surface area (Å²) in [7, 11) is 3.70. The number of thioether (sulfide) groups is 1. The Hall–Kier alpha value is -1.28. The molecule has 0 aliphatic carbocycles. The lowest BCUT2D eigenvalue weighted by molar-refractivity contribution is -0.145. The predicted molar refractivity (Wildman–Crippen MR) is 71.8 cm³/mol. The standard InChI is InChI=1S/C11H19N3O4S/c1-12(2)3-4-13(6-11(17)18)9(15)5-14-8-19-7-10(14)16/h3-8H2,1-2H3,(H,17,18). The molecule has 1 N–H and O–H groups in total. The molecule has 19 heavy (non-hydrogen) atoms. The Bertz CT molecular complexity index is 362. The lowest BCUT2D eigenvalue weighted by Gasteiger charge is -2.25. The number of carbonyl (C=O) groups is 3. The molecule has 0 spiro atoms. The molecule has 0 saturated carbocycles. The maximum Gasteiger partial charge on any atom is 0.323 e. The summed E-state index contributed by atoms with van der Waals surface area (Å²) in [5, 5.41) is 8.82. The number of aliphatic carboxylic acids is 1. The molecule has 0 bridgehead atoms. The van der Waals surface area contributed by atoms with Gasteiger partial charge in [-0.3, -0.25) is 14.4 Å². The summed E-state index contributed by atoms with van der Waals surface area (Å²) in [4.78, 5) is 38.8. The van der Waals surface area contributed by atoms with Gasteiger partial charge in [-0.25, -0.2) is 0 Å². The molecule has 1 aliphatic heterocycles. The van der Waals surface area contributed by atoms with Gasteiger partial charge in [0, 0.05) is 13.1 Å². The number of amides is 2. The normalized spacial score (nSPS) is 15.1. The van der Waals surface area contributed by atoms with Crippen LogP contribution in [0.2, 0.25) is 0 Å². The molecule has 8 heteroatoms. The summed E-state index contributed by atoms with van der Waals surface area (Å²) in [5.74, 6) is -0.543. The Morgan fingerprint density at radius 1 is 1.37 bits per heavy atom. The first-order valence-corrected chi connectivity index (χ1v) is 7.05. The quantitative estimate of drug-likeness (QED) is 0.647. The molecular weight excluding hydrogens is 270 g/mol. The molecule has 0 aromatic carbocycles. The van der Waals surface area contributed by atoms with Crippen molar-refractivity contribution in [3.8, 4) is 0 Å². The van der Waals surface area contributed by atoms with E-state index in [4.69, 9.17) is 5.11 Å². The van der Waals surface area contributed by atoms with Gasteiger partial charge in [0.15, 0.2) is 0 Å². The smallest absolute Gasteiger partial charge is 0.323 e. The van der Waals surface area contributed by atoms with Crippen LogP contribution in [0.1, 0.15) is 0 Å². The van der Waals surface area contributed by atoms with Crippen molar-refractivity contribution in [2.45, 2.75) is 0 Å². The Kier molecular flexibility index (Phi) is 6.10. The Morgan fingerprint density at radius 2 is 2.05 bits per heavy atom. The van der Waals surface area contributed by atoms with Gasteiger partial charge in [-0.15, -0.1) is 11.8 Å². The van der Waals surface area contributed by atoms with Crippen molar-refractivity contribution in [3.05, 3.63) is 0 Å². The van der Waals surface area contributed by atoms with Crippen LogP contribution in [0.5, 0.6) is 0 Å². The Balaban J connectivity index is 2.54. The van der Waals surface area contributed by atoms with E-state index in [0.717, 1.165) is 0 Å². The number of rotatable bonds is 7. The summed E-state index contributed by atoms with van der Waals surface area (Å²) in [6.07, 6.45) is 0. The molecule has 0 radical (unpaired) electrons. The van der Waals surface area contributed by atoms with Gasteiger partial charge in [0.05, 0.1) is 11.6 Å². The zero-order chi connectivity index (χ0) is 14.4. The van der Waals surface area contributed by atoms with Crippen molar-refractivity contribution in [2.24, 2.45) is 0 Å². The molecule has 0 unspecified atom stereocenters. The van der Waals surface area contributed by atoms with E-state index in [2.05, 4.69) is 0 Å². The first-order chi connectivity index (χ1) is 8.90. The van der Waals surface area contributed by atoms with Crippen LogP contribution in [0.3, 0.4) is 0 Å². The van der Waals surface area contributed by atoms with Crippen molar-refractivity contribution in [3.63, 3.8) is 0 Å². The largest absolute Gasteiger partial charge is 0.480 e. The number of hydrogen-bond donors (Lipinski definition) is 1. The average Bonchev–Trinajstić information content (AvgIpc) is 2.69. The predicted octanol–water partition coefficient (Wildman–Crippen LogP) is -1.01. The number of likely N-dealkylation sites (N-methyl/N-ethyl adjacent to an activating group) is 1. The minimum absolute atomic E-state index is 0.0352. The molecule has 0 aromatic heterocycles. The van der Waals surface area contributed by atoms with Crippen LogP contribution in [0.15, 0.2) is 0 Å². The maximum atomic E-state index is 12.0. The second kappa shape index (κ2) is 7.34. The molecule has 1 rings (SSSR count). The number of carboxylic acid groups (broad SMARTS) is 1. The summed E-state index contributed by atoms with van der Waals surface area (Å²) >= 11 is 1.46. The molecule has 0 aromatic rings. The van der Waals surface area contributed by atoms with Crippen LogP contribution in [-0.2, 0) is 14.4 Å². The van der Waals surface area contributed by atoms with Gasteiger partial charge < -0.3 is 19.8 Å². The molecule has 108 valence electrons. The van der Waals surface area contributed by atoms with E-state index in [9.17, 15) is 14.4 Å². The molecule has 1 fully saturated rings. The van der Waals surface area contributed by atoms with E-state index in [-0.39, 0.29) is 24.9 Å². The fourth-order valence-corrected chi connectivity index (χ4v) is 2.48. The minimum Gasteiger partial charge on any atom is -0.480 e. The lowest BCUT2D eigenvalue weighted by Crippen LogP contribution is -2.45. The number of carbonyl (C=O) groups excluding carboxylic acids is 2. The molecule has 1 heterocycles. The highest BCUT2D eigenvalue weighted by Crippen LogP contribution is 2.14. The number of nitrogens with zero attached hydrogens (tertiary/aromatic N) is 3. The van der Waals surface area contributed by atoms with Crippen molar-refractivity contribution in [1.82, 2.24) is 14.7 Å². The van der Waals surface area contributed by atoms with E-state index in [0.29, 0.717) is 24.7 Å². The third-order valence-electron chi connectivity index (χ3n) is 2.65. The third kappa shape index (κ3) is 5.48. The molecule has 1 aliphatic rings. The van der Waals surface area contributed by atoms with Gasteiger partial charge in [-0.1, -0.05) is 0 Å². The van der Waals surface area contributed by atoms with Crippen LogP contribution < -0.4 is 0 Å². The second-order valence-corrected chi connectivity index (χ2v) is 5.54. The first-order valence-electron chi connectivity index (χ1n) is 5.90. The fourth-order valence-electron chi connectivity index (χ4n) is 1.58. The van der Waals surface area contributed by atoms with E-state index < -0.39 is 5.97 Å². The third-order valence-corrected chi connectivity index (χ3v) is 3.59. The second-order valence-electron chi connectivity index (χ2n) is 4.58. The number of carboxylic acids is 1. The van der Waals surface area contributed by atoms with Crippen LogP contribution >= 0.6 is 11.8 Å². The molecular formula is C11H19N3O4S. The van der Waals surface area contributed by atoms with Gasteiger partial charge in [-0.2, -0.15) is 0 Å². The van der Waals surface area contributed by atoms with Crippen molar-refractivity contribution >= 4 is 29.5 Å². The van der Waals surface area contributed by atoms with Gasteiger partial charge in [0.25, 0.3) is 0 Å². The first kappa shape index (κ1) is 15.8. The highest BCUT2D eigenvalue weighted by Gasteiger charge is 2.26. The van der Waals surface area contributed by atoms with E-state index >= 15 is 0 Å². The monoisotopic (exact) mass is 289 g/mol. The Morgan fingerprint density at radius 3 is 2.53 bits per heavy atom. The van der Waals surface area contributed by atoms with Crippen LogP contribution in [0.4, 0.5) is 0 Å². The Labute approximate surface area is 116 Å². The van der Waals surface area contributed by atoms with Crippen molar-refractivity contribution in [1.29, 1.82) is 0 Å². The summed E-state index contributed by atoms with van der Waals surface area (Å²) in [6, 6.07) is 0. The summed E-state index contributed by atoms with van der Waals surface area (Å²) in [5.41, 5.74) is 0. The van der Waals surface area contributed by atoms with Crippen molar-refractivity contribution in [2.75, 3.05) is 51.9 Å². The molecule has 1 saturated heterocycles. The maximum absolute atomic E-state index is 12.0. The van der Waals surface area contributed by atoms with Gasteiger partial charge in [0.2, 0.25) is 11.8 Å². The van der Waals surface area contributed by atoms with Crippen LogP contribution in [0, 0.1) is 0 Å².